The summed E-state index contributed by atoms with van der Waals surface area (Å²) in [5.74, 6) is 0. The van der Waals surface area contributed by atoms with Crippen molar-refractivity contribution in [1.29, 1.82) is 0 Å². The van der Waals surface area contributed by atoms with Crippen molar-refractivity contribution in [3.8, 4) is 11.3 Å². The van der Waals surface area contributed by atoms with Crippen LogP contribution in [0, 0.1) is 0 Å². The van der Waals surface area contributed by atoms with Crippen molar-refractivity contribution >= 4 is 37.7 Å². The molecule has 0 radical (unpaired) electrons. The SMILES string of the molecule is O=c1[nH]c2ccc(Br)cc2cc1-c1cc2cc(CN3CCOCC3)ccc2[nH]1. The Morgan fingerprint density at radius 1 is 0.929 bits per heavy atom. The summed E-state index contributed by atoms with van der Waals surface area (Å²) in [5, 5.41) is 2.12. The van der Waals surface area contributed by atoms with Crippen molar-refractivity contribution in [3.05, 3.63) is 68.9 Å². The van der Waals surface area contributed by atoms with Gasteiger partial charge in [0.2, 0.25) is 0 Å². The van der Waals surface area contributed by atoms with Gasteiger partial charge in [0.25, 0.3) is 5.56 Å². The number of ether oxygens (including phenoxy) is 1. The van der Waals surface area contributed by atoms with E-state index in [0.29, 0.717) is 5.56 Å². The van der Waals surface area contributed by atoms with Crippen LogP contribution >= 0.6 is 15.9 Å². The summed E-state index contributed by atoms with van der Waals surface area (Å²) in [7, 11) is 0. The molecule has 3 heterocycles. The van der Waals surface area contributed by atoms with Crippen LogP contribution in [0.25, 0.3) is 33.1 Å². The Morgan fingerprint density at radius 2 is 1.68 bits per heavy atom. The van der Waals surface area contributed by atoms with Gasteiger partial charge in [-0.3, -0.25) is 9.69 Å². The Kier molecular flexibility index (Phi) is 4.55. The second-order valence-corrected chi connectivity index (χ2v) is 8.15. The fourth-order valence-corrected chi connectivity index (χ4v) is 4.20. The van der Waals surface area contributed by atoms with Gasteiger partial charge in [-0.1, -0.05) is 22.0 Å². The van der Waals surface area contributed by atoms with Crippen LogP contribution in [0.4, 0.5) is 0 Å². The predicted octanol–water partition coefficient (Wildman–Crippen LogP) is 4.27. The van der Waals surface area contributed by atoms with E-state index in [4.69, 9.17) is 4.74 Å². The third-order valence-electron chi connectivity index (χ3n) is 5.29. The molecule has 2 aromatic carbocycles. The van der Waals surface area contributed by atoms with E-state index in [1.165, 1.54) is 5.56 Å². The van der Waals surface area contributed by atoms with Gasteiger partial charge in [-0.05, 0) is 48.0 Å². The monoisotopic (exact) mass is 437 g/mol. The smallest absolute Gasteiger partial charge is 0.257 e. The van der Waals surface area contributed by atoms with Gasteiger partial charge in [-0.2, -0.15) is 0 Å². The quantitative estimate of drug-likeness (QED) is 0.502. The first-order valence-corrected chi connectivity index (χ1v) is 10.2. The van der Waals surface area contributed by atoms with E-state index < -0.39 is 0 Å². The average molecular weight is 438 g/mol. The number of benzene rings is 2. The van der Waals surface area contributed by atoms with E-state index in [0.717, 1.165) is 64.8 Å². The third kappa shape index (κ3) is 3.39. The number of H-pyrrole nitrogens is 2. The van der Waals surface area contributed by atoms with Crippen LogP contribution in [0.15, 0.2) is 57.8 Å². The molecule has 2 N–H and O–H groups in total. The number of nitrogens with zero attached hydrogens (tertiary/aromatic N) is 1. The Bertz CT molecular complexity index is 1220. The largest absolute Gasteiger partial charge is 0.379 e. The van der Waals surface area contributed by atoms with E-state index >= 15 is 0 Å². The van der Waals surface area contributed by atoms with E-state index in [1.54, 1.807) is 0 Å². The van der Waals surface area contributed by atoms with Crippen LogP contribution < -0.4 is 5.56 Å². The molecule has 0 saturated carbocycles. The second kappa shape index (κ2) is 7.20. The summed E-state index contributed by atoms with van der Waals surface area (Å²) in [6.07, 6.45) is 0. The van der Waals surface area contributed by atoms with E-state index in [-0.39, 0.29) is 5.56 Å². The Hall–Kier alpha value is -2.41. The molecule has 1 saturated heterocycles. The maximum absolute atomic E-state index is 12.6. The van der Waals surface area contributed by atoms with Gasteiger partial charge >= 0.3 is 0 Å². The molecule has 28 heavy (non-hydrogen) atoms. The molecule has 0 spiro atoms. The van der Waals surface area contributed by atoms with Crippen molar-refractivity contribution in [2.24, 2.45) is 0 Å². The van der Waals surface area contributed by atoms with Gasteiger partial charge in [0.15, 0.2) is 0 Å². The molecular weight excluding hydrogens is 418 g/mol. The highest BCUT2D eigenvalue weighted by atomic mass is 79.9. The number of halogens is 1. The molecule has 2 aromatic heterocycles. The zero-order valence-electron chi connectivity index (χ0n) is 15.3. The Balaban J connectivity index is 1.51. The molecule has 6 heteroatoms. The molecule has 5 nitrogen and oxygen atoms in total. The molecule has 1 aliphatic heterocycles. The molecule has 0 atom stereocenters. The number of rotatable bonds is 3. The molecular formula is C22H20BrN3O2. The minimum atomic E-state index is -0.0880. The van der Waals surface area contributed by atoms with Crippen molar-refractivity contribution in [2.75, 3.05) is 26.3 Å². The number of fused-ring (bicyclic) bond motifs is 2. The number of aromatic nitrogens is 2. The number of morpholine rings is 1. The van der Waals surface area contributed by atoms with Crippen molar-refractivity contribution in [2.45, 2.75) is 6.54 Å². The summed E-state index contributed by atoms with van der Waals surface area (Å²) >= 11 is 3.50. The number of nitrogens with one attached hydrogen (secondary N) is 2. The van der Waals surface area contributed by atoms with Gasteiger partial charge in [0.1, 0.15) is 0 Å². The van der Waals surface area contributed by atoms with E-state index in [1.807, 2.05) is 24.3 Å². The summed E-state index contributed by atoms with van der Waals surface area (Å²) in [5.41, 5.74) is 4.54. The molecule has 1 aliphatic rings. The van der Waals surface area contributed by atoms with Crippen LogP contribution in [0.5, 0.6) is 0 Å². The topological polar surface area (TPSA) is 61.1 Å². The number of aromatic amines is 2. The number of pyridine rings is 1. The molecule has 1 fully saturated rings. The van der Waals surface area contributed by atoms with Gasteiger partial charge in [-0.15, -0.1) is 0 Å². The minimum absolute atomic E-state index is 0.0880. The number of hydrogen-bond acceptors (Lipinski definition) is 3. The maximum Gasteiger partial charge on any atom is 0.257 e. The first kappa shape index (κ1) is 17.7. The lowest BCUT2D eigenvalue weighted by Gasteiger charge is -2.26. The lowest BCUT2D eigenvalue weighted by molar-refractivity contribution is 0.0342. The highest BCUT2D eigenvalue weighted by Crippen LogP contribution is 2.26. The molecule has 0 amide bonds. The Labute approximate surface area is 170 Å². The lowest BCUT2D eigenvalue weighted by Crippen LogP contribution is -2.35. The van der Waals surface area contributed by atoms with Crippen molar-refractivity contribution in [3.63, 3.8) is 0 Å². The van der Waals surface area contributed by atoms with Crippen molar-refractivity contribution < 1.29 is 4.74 Å². The van der Waals surface area contributed by atoms with Gasteiger partial charge in [0.05, 0.1) is 24.5 Å². The van der Waals surface area contributed by atoms with Crippen LogP contribution in [-0.2, 0) is 11.3 Å². The highest BCUT2D eigenvalue weighted by molar-refractivity contribution is 9.10. The predicted molar refractivity (Wildman–Crippen MR) is 116 cm³/mol. The molecule has 4 aromatic rings. The lowest BCUT2D eigenvalue weighted by atomic mass is 10.1. The highest BCUT2D eigenvalue weighted by Gasteiger charge is 2.13. The van der Waals surface area contributed by atoms with Crippen LogP contribution in [0.2, 0.25) is 0 Å². The maximum atomic E-state index is 12.6. The fourth-order valence-electron chi connectivity index (χ4n) is 3.82. The van der Waals surface area contributed by atoms with Crippen LogP contribution in [0.3, 0.4) is 0 Å². The minimum Gasteiger partial charge on any atom is -0.379 e. The average Bonchev–Trinajstić information content (AvgIpc) is 3.11. The van der Waals surface area contributed by atoms with Crippen LogP contribution in [-0.4, -0.2) is 41.2 Å². The van der Waals surface area contributed by atoms with Gasteiger partial charge < -0.3 is 14.7 Å². The number of hydrogen-bond donors (Lipinski definition) is 2. The summed E-state index contributed by atoms with van der Waals surface area (Å²) in [6.45, 7) is 4.47. The van der Waals surface area contributed by atoms with E-state index in [9.17, 15) is 4.79 Å². The standard InChI is InChI=1S/C22H20BrN3O2/c23-17-2-4-20-16(10-17)11-18(22(27)25-20)21-12-15-9-14(1-3-19(15)24-21)13-26-5-7-28-8-6-26/h1-4,9-12,24H,5-8,13H2,(H,25,27). The van der Waals surface area contributed by atoms with Gasteiger partial charge in [0, 0.05) is 45.9 Å². The second-order valence-electron chi connectivity index (χ2n) is 7.24. The molecule has 0 bridgehead atoms. The summed E-state index contributed by atoms with van der Waals surface area (Å²) in [6, 6.07) is 16.3. The first-order valence-electron chi connectivity index (χ1n) is 9.40. The molecule has 0 unspecified atom stereocenters. The third-order valence-corrected chi connectivity index (χ3v) is 5.78. The van der Waals surface area contributed by atoms with Crippen LogP contribution in [0.1, 0.15) is 5.56 Å². The molecule has 5 rings (SSSR count). The van der Waals surface area contributed by atoms with Crippen molar-refractivity contribution in [1.82, 2.24) is 14.9 Å². The first-order chi connectivity index (χ1) is 13.7. The molecule has 0 aliphatic carbocycles. The normalized spacial score (nSPS) is 15.5. The summed E-state index contributed by atoms with van der Waals surface area (Å²) in [4.78, 5) is 21.4. The zero-order valence-corrected chi connectivity index (χ0v) is 16.9. The summed E-state index contributed by atoms with van der Waals surface area (Å²) < 4.78 is 6.42. The van der Waals surface area contributed by atoms with E-state index in [2.05, 4.69) is 55.1 Å². The van der Waals surface area contributed by atoms with Gasteiger partial charge in [-0.25, -0.2) is 0 Å². The molecule has 142 valence electrons. The zero-order chi connectivity index (χ0) is 19.1. The Morgan fingerprint density at radius 3 is 2.54 bits per heavy atom. The fraction of sp³-hybridized carbons (Fsp3) is 0.227.